The van der Waals surface area contributed by atoms with Gasteiger partial charge in [0.2, 0.25) is 0 Å². The number of aromatic nitrogens is 2. The Kier molecular flexibility index (Phi) is 8.80. The van der Waals surface area contributed by atoms with E-state index >= 15 is 0 Å². The van der Waals surface area contributed by atoms with Crippen molar-refractivity contribution < 1.29 is 4.74 Å². The van der Waals surface area contributed by atoms with Crippen LogP contribution < -0.4 is 5.32 Å². The van der Waals surface area contributed by atoms with Crippen molar-refractivity contribution in [3.63, 3.8) is 0 Å². The van der Waals surface area contributed by atoms with Crippen LogP contribution in [0.1, 0.15) is 77.0 Å². The van der Waals surface area contributed by atoms with Crippen LogP contribution in [0.4, 0.5) is 0 Å². The van der Waals surface area contributed by atoms with Crippen molar-refractivity contribution >= 4 is 5.96 Å². The van der Waals surface area contributed by atoms with Gasteiger partial charge in [0.1, 0.15) is 0 Å². The average molecular weight is 392 g/mol. The lowest BCUT2D eigenvalue weighted by Crippen LogP contribution is -2.39. The summed E-state index contributed by atoms with van der Waals surface area (Å²) in [5.74, 6) is 1.41. The summed E-state index contributed by atoms with van der Waals surface area (Å²) in [4.78, 5) is 7.31. The Morgan fingerprint density at radius 2 is 2.07 bits per heavy atom. The van der Waals surface area contributed by atoms with Crippen molar-refractivity contribution in [1.82, 2.24) is 20.0 Å². The zero-order valence-corrected chi connectivity index (χ0v) is 18.9. The van der Waals surface area contributed by atoms with Gasteiger partial charge in [0.25, 0.3) is 0 Å². The highest BCUT2D eigenvalue weighted by molar-refractivity contribution is 5.79. The van der Waals surface area contributed by atoms with E-state index in [1.165, 1.54) is 36.9 Å². The van der Waals surface area contributed by atoms with Gasteiger partial charge >= 0.3 is 0 Å². The average Bonchev–Trinajstić information content (AvgIpc) is 3.26. The maximum atomic E-state index is 5.66. The highest BCUT2D eigenvalue weighted by Crippen LogP contribution is 2.41. The summed E-state index contributed by atoms with van der Waals surface area (Å²) in [6, 6.07) is 0. The topological polar surface area (TPSA) is 54.7 Å². The summed E-state index contributed by atoms with van der Waals surface area (Å²) in [7, 11) is 4.12. The number of aliphatic imine (C=N–C) groups is 1. The maximum Gasteiger partial charge on any atom is 0.193 e. The normalized spacial score (nSPS) is 16.8. The van der Waals surface area contributed by atoms with Crippen LogP contribution in [0.15, 0.2) is 11.2 Å². The molecule has 160 valence electrons. The molecule has 0 saturated heterocycles. The fraction of sp³-hybridized carbons (Fsp3) is 0.818. The van der Waals surface area contributed by atoms with Gasteiger partial charge in [-0.25, -0.2) is 0 Å². The summed E-state index contributed by atoms with van der Waals surface area (Å²) in [5, 5.41) is 8.13. The molecule has 1 aromatic rings. The molecule has 0 bridgehead atoms. The molecule has 1 N–H and O–H groups in total. The molecule has 6 nitrogen and oxygen atoms in total. The van der Waals surface area contributed by atoms with Gasteiger partial charge in [-0.2, -0.15) is 5.10 Å². The third kappa shape index (κ3) is 6.23. The van der Waals surface area contributed by atoms with Gasteiger partial charge in [-0.15, -0.1) is 0 Å². The van der Waals surface area contributed by atoms with E-state index in [9.17, 15) is 0 Å². The fourth-order valence-electron chi connectivity index (χ4n) is 4.25. The van der Waals surface area contributed by atoms with Crippen molar-refractivity contribution in [2.45, 2.75) is 72.3 Å². The SMILES string of the molecule is CCNC(=NCC1(CCOCC)CCCC1)N(C)Cc1cn(C)nc1C(C)C. The van der Waals surface area contributed by atoms with Gasteiger partial charge < -0.3 is 15.0 Å². The molecule has 1 heterocycles. The summed E-state index contributed by atoms with van der Waals surface area (Å²) >= 11 is 0. The number of hydrogen-bond acceptors (Lipinski definition) is 3. The van der Waals surface area contributed by atoms with Crippen LogP contribution in [-0.2, 0) is 18.3 Å². The maximum absolute atomic E-state index is 5.66. The van der Waals surface area contributed by atoms with Crippen molar-refractivity contribution in [2.75, 3.05) is 33.4 Å². The standard InChI is InChI=1S/C22H41N5O/c1-7-23-21(24-17-22(11-9-10-12-22)13-14-28-8-2)26(5)15-19-16-27(6)25-20(19)18(3)4/h16,18H,7-15,17H2,1-6H3,(H,23,24). The smallest absolute Gasteiger partial charge is 0.193 e. The van der Waals surface area contributed by atoms with Crippen LogP contribution in [0.25, 0.3) is 0 Å². The van der Waals surface area contributed by atoms with E-state index in [1.807, 2.05) is 11.7 Å². The third-order valence-corrected chi connectivity index (χ3v) is 5.80. The van der Waals surface area contributed by atoms with Gasteiger partial charge in [0, 0.05) is 58.7 Å². The highest BCUT2D eigenvalue weighted by Gasteiger charge is 2.33. The Labute approximate surface area is 171 Å². The molecule has 0 radical (unpaired) electrons. The molecule has 28 heavy (non-hydrogen) atoms. The zero-order chi connectivity index (χ0) is 20.6. The molecule has 1 aliphatic carbocycles. The molecule has 0 unspecified atom stereocenters. The summed E-state index contributed by atoms with van der Waals surface area (Å²) in [6.07, 6.45) is 8.44. The van der Waals surface area contributed by atoms with E-state index in [0.29, 0.717) is 11.3 Å². The Morgan fingerprint density at radius 3 is 2.68 bits per heavy atom. The first-order chi connectivity index (χ1) is 13.4. The van der Waals surface area contributed by atoms with Crippen LogP contribution in [0.5, 0.6) is 0 Å². The summed E-state index contributed by atoms with van der Waals surface area (Å²) in [5.41, 5.74) is 2.76. The molecule has 0 atom stereocenters. The second kappa shape index (κ2) is 10.8. The number of hydrogen-bond donors (Lipinski definition) is 1. The van der Waals surface area contributed by atoms with Crippen LogP contribution in [0.2, 0.25) is 0 Å². The molecule has 2 rings (SSSR count). The quantitative estimate of drug-likeness (QED) is 0.373. The minimum Gasteiger partial charge on any atom is -0.382 e. The number of guanidine groups is 1. The number of nitrogens with one attached hydrogen (secondary N) is 1. The first-order valence-corrected chi connectivity index (χ1v) is 11.0. The lowest BCUT2D eigenvalue weighted by atomic mass is 9.83. The minimum absolute atomic E-state index is 0.314. The monoisotopic (exact) mass is 391 g/mol. The minimum atomic E-state index is 0.314. The molecule has 0 amide bonds. The van der Waals surface area contributed by atoms with E-state index in [1.54, 1.807) is 0 Å². The lowest BCUT2D eigenvalue weighted by molar-refractivity contribution is 0.107. The second-order valence-electron chi connectivity index (χ2n) is 8.55. The van der Waals surface area contributed by atoms with Crippen LogP contribution in [0.3, 0.4) is 0 Å². The zero-order valence-electron chi connectivity index (χ0n) is 18.9. The van der Waals surface area contributed by atoms with Crippen molar-refractivity contribution in [1.29, 1.82) is 0 Å². The molecule has 1 saturated carbocycles. The first kappa shape index (κ1) is 22.7. The van der Waals surface area contributed by atoms with Crippen molar-refractivity contribution in [3.8, 4) is 0 Å². The van der Waals surface area contributed by atoms with Gasteiger partial charge in [-0.05, 0) is 44.4 Å². The van der Waals surface area contributed by atoms with Gasteiger partial charge in [-0.3, -0.25) is 9.67 Å². The summed E-state index contributed by atoms with van der Waals surface area (Å²) < 4.78 is 7.58. The Hall–Kier alpha value is -1.56. The highest BCUT2D eigenvalue weighted by atomic mass is 16.5. The Morgan fingerprint density at radius 1 is 1.36 bits per heavy atom. The predicted molar refractivity (Wildman–Crippen MR) is 117 cm³/mol. The molecule has 1 aromatic heterocycles. The molecule has 6 heteroatoms. The molecular formula is C22H41N5O. The largest absolute Gasteiger partial charge is 0.382 e. The molecular weight excluding hydrogens is 350 g/mol. The van der Waals surface area contributed by atoms with E-state index in [-0.39, 0.29) is 0 Å². The van der Waals surface area contributed by atoms with E-state index in [0.717, 1.165) is 45.2 Å². The second-order valence-corrected chi connectivity index (χ2v) is 8.55. The van der Waals surface area contributed by atoms with Gasteiger partial charge in [0.05, 0.1) is 5.69 Å². The van der Waals surface area contributed by atoms with E-state index in [4.69, 9.17) is 9.73 Å². The van der Waals surface area contributed by atoms with E-state index in [2.05, 4.69) is 56.3 Å². The van der Waals surface area contributed by atoms with Gasteiger partial charge in [0.15, 0.2) is 5.96 Å². The molecule has 1 aliphatic rings. The molecule has 1 fully saturated rings. The van der Waals surface area contributed by atoms with Crippen molar-refractivity contribution in [2.24, 2.45) is 17.5 Å². The number of ether oxygens (including phenoxy) is 1. The fourth-order valence-corrected chi connectivity index (χ4v) is 4.25. The molecule has 0 spiro atoms. The van der Waals surface area contributed by atoms with E-state index < -0.39 is 0 Å². The number of nitrogens with zero attached hydrogens (tertiary/aromatic N) is 4. The molecule has 0 aromatic carbocycles. The lowest BCUT2D eigenvalue weighted by Gasteiger charge is -2.29. The van der Waals surface area contributed by atoms with Crippen LogP contribution in [-0.4, -0.2) is 54.0 Å². The van der Waals surface area contributed by atoms with Crippen LogP contribution in [0, 0.1) is 5.41 Å². The third-order valence-electron chi connectivity index (χ3n) is 5.80. The number of rotatable bonds is 10. The van der Waals surface area contributed by atoms with Crippen molar-refractivity contribution in [3.05, 3.63) is 17.5 Å². The van der Waals surface area contributed by atoms with Crippen LogP contribution >= 0.6 is 0 Å². The number of aryl methyl sites for hydroxylation is 1. The Balaban J connectivity index is 2.09. The first-order valence-electron chi connectivity index (χ1n) is 11.0. The van der Waals surface area contributed by atoms with Gasteiger partial charge in [-0.1, -0.05) is 26.7 Å². The molecule has 0 aliphatic heterocycles. The predicted octanol–water partition coefficient (Wildman–Crippen LogP) is 3.93. The summed E-state index contributed by atoms with van der Waals surface area (Å²) in [6.45, 7) is 12.8. The Bertz CT molecular complexity index is 616.